The highest BCUT2D eigenvalue weighted by atomic mass is 19.1. The molecule has 1 saturated heterocycles. The minimum Gasteiger partial charge on any atom is -0.334 e. The lowest BCUT2D eigenvalue weighted by atomic mass is 9.90. The molecule has 4 rings (SSSR count). The molecule has 168 valence electrons. The van der Waals surface area contributed by atoms with Crippen molar-refractivity contribution < 1.29 is 18.8 Å². The van der Waals surface area contributed by atoms with Crippen LogP contribution in [0, 0.1) is 5.82 Å². The van der Waals surface area contributed by atoms with Gasteiger partial charge in [0.05, 0.1) is 0 Å². The smallest absolute Gasteiger partial charge is 0.325 e. The van der Waals surface area contributed by atoms with Crippen LogP contribution in [0.1, 0.15) is 56.2 Å². The fourth-order valence-electron chi connectivity index (χ4n) is 4.08. The van der Waals surface area contributed by atoms with Gasteiger partial charge < -0.3 is 10.2 Å². The Morgan fingerprint density at radius 2 is 1.81 bits per heavy atom. The van der Waals surface area contributed by atoms with Crippen LogP contribution in [-0.2, 0) is 21.7 Å². The fraction of sp³-hybridized carbons (Fsp3) is 0.400. The SMILES string of the molecule is CC(C)c1ccc(C2(C)NC(=O)N(CC(=O)N(Cc3ccccc3F)C3CC3)C2=O)cc1. The number of imide groups is 1. The molecule has 6 nitrogen and oxygen atoms in total. The maximum absolute atomic E-state index is 14.1. The lowest BCUT2D eigenvalue weighted by Crippen LogP contribution is -2.45. The van der Waals surface area contributed by atoms with Gasteiger partial charge in [0.15, 0.2) is 0 Å². The molecule has 0 bridgehead atoms. The summed E-state index contributed by atoms with van der Waals surface area (Å²) < 4.78 is 14.1. The number of rotatable bonds is 7. The molecule has 0 radical (unpaired) electrons. The summed E-state index contributed by atoms with van der Waals surface area (Å²) in [6.07, 6.45) is 1.67. The summed E-state index contributed by atoms with van der Waals surface area (Å²) in [4.78, 5) is 41.5. The normalized spacial score (nSPS) is 20.6. The number of carbonyl (C=O) groups excluding carboxylic acids is 3. The molecule has 1 atom stereocenters. The van der Waals surface area contributed by atoms with E-state index in [1.807, 2.05) is 24.3 Å². The number of halogens is 1. The van der Waals surface area contributed by atoms with Crippen LogP contribution in [-0.4, -0.2) is 40.2 Å². The third-order valence-corrected chi connectivity index (χ3v) is 6.33. The summed E-state index contributed by atoms with van der Waals surface area (Å²) in [6, 6.07) is 13.3. The van der Waals surface area contributed by atoms with Gasteiger partial charge in [-0.25, -0.2) is 9.18 Å². The van der Waals surface area contributed by atoms with Crippen molar-refractivity contribution in [2.45, 2.75) is 57.7 Å². The number of urea groups is 1. The first-order chi connectivity index (χ1) is 15.2. The number of carbonyl (C=O) groups is 3. The van der Waals surface area contributed by atoms with E-state index in [4.69, 9.17) is 0 Å². The minimum absolute atomic E-state index is 0.0119. The van der Waals surface area contributed by atoms with Crippen molar-refractivity contribution in [2.75, 3.05) is 6.54 Å². The molecule has 7 heteroatoms. The van der Waals surface area contributed by atoms with Gasteiger partial charge in [0.1, 0.15) is 17.9 Å². The first-order valence-corrected chi connectivity index (χ1v) is 11.0. The zero-order valence-electron chi connectivity index (χ0n) is 18.6. The molecule has 0 aromatic heterocycles. The molecule has 32 heavy (non-hydrogen) atoms. The summed E-state index contributed by atoms with van der Waals surface area (Å²) in [5.74, 6) is -0.852. The zero-order chi connectivity index (χ0) is 23.0. The highest BCUT2D eigenvalue weighted by molar-refractivity contribution is 6.09. The van der Waals surface area contributed by atoms with E-state index in [0.717, 1.165) is 23.3 Å². The lowest BCUT2D eigenvalue weighted by Gasteiger charge is -2.26. The zero-order valence-corrected chi connectivity index (χ0v) is 18.6. The average Bonchev–Trinajstić information content (AvgIpc) is 3.58. The minimum atomic E-state index is -1.23. The molecule has 1 aliphatic heterocycles. The largest absolute Gasteiger partial charge is 0.334 e. The van der Waals surface area contributed by atoms with Gasteiger partial charge in [-0.3, -0.25) is 14.5 Å². The summed E-state index contributed by atoms with van der Waals surface area (Å²) >= 11 is 0. The Bertz CT molecular complexity index is 1050. The molecule has 2 aromatic carbocycles. The Morgan fingerprint density at radius 1 is 1.16 bits per heavy atom. The average molecular weight is 438 g/mol. The lowest BCUT2D eigenvalue weighted by molar-refractivity contribution is -0.139. The Hall–Kier alpha value is -3.22. The van der Waals surface area contributed by atoms with Crippen molar-refractivity contribution in [1.82, 2.24) is 15.1 Å². The van der Waals surface area contributed by atoms with Gasteiger partial charge in [-0.2, -0.15) is 0 Å². The molecule has 1 unspecified atom stereocenters. The van der Waals surface area contributed by atoms with Crippen LogP contribution in [0.15, 0.2) is 48.5 Å². The number of hydrogen-bond donors (Lipinski definition) is 1. The number of hydrogen-bond acceptors (Lipinski definition) is 3. The second-order valence-electron chi connectivity index (χ2n) is 9.07. The van der Waals surface area contributed by atoms with Crippen molar-refractivity contribution in [2.24, 2.45) is 0 Å². The Morgan fingerprint density at radius 3 is 2.41 bits per heavy atom. The van der Waals surface area contributed by atoms with Crippen molar-refractivity contribution in [3.8, 4) is 0 Å². The maximum atomic E-state index is 14.1. The summed E-state index contributed by atoms with van der Waals surface area (Å²) in [5, 5.41) is 2.75. The second kappa shape index (κ2) is 8.37. The summed E-state index contributed by atoms with van der Waals surface area (Å²) in [6.45, 7) is 5.57. The van der Waals surface area contributed by atoms with Crippen LogP contribution in [0.4, 0.5) is 9.18 Å². The van der Waals surface area contributed by atoms with Gasteiger partial charge in [0, 0.05) is 18.2 Å². The topological polar surface area (TPSA) is 69.7 Å². The van der Waals surface area contributed by atoms with E-state index in [1.165, 1.54) is 6.07 Å². The molecule has 1 saturated carbocycles. The van der Waals surface area contributed by atoms with Crippen molar-refractivity contribution in [3.63, 3.8) is 0 Å². The van der Waals surface area contributed by atoms with Crippen LogP contribution in [0.25, 0.3) is 0 Å². The Balaban J connectivity index is 1.51. The first kappa shape index (κ1) is 22.0. The molecule has 1 N–H and O–H groups in total. The molecular formula is C25H28FN3O3. The van der Waals surface area contributed by atoms with Gasteiger partial charge in [-0.1, -0.05) is 56.3 Å². The van der Waals surface area contributed by atoms with E-state index in [1.54, 1.807) is 30.0 Å². The van der Waals surface area contributed by atoms with Crippen molar-refractivity contribution in [3.05, 3.63) is 71.0 Å². The van der Waals surface area contributed by atoms with Crippen molar-refractivity contribution in [1.29, 1.82) is 0 Å². The molecule has 4 amide bonds. The van der Waals surface area contributed by atoms with E-state index in [9.17, 15) is 18.8 Å². The van der Waals surface area contributed by atoms with E-state index < -0.39 is 17.5 Å². The maximum Gasteiger partial charge on any atom is 0.325 e. The van der Waals surface area contributed by atoms with Crippen LogP contribution < -0.4 is 5.32 Å². The molecule has 2 aliphatic rings. The standard InChI is InChI=1S/C25H28FN3O3/c1-16(2)17-8-10-19(11-9-17)25(3)23(31)29(24(32)27-25)15-22(30)28(20-12-13-20)14-18-6-4-5-7-21(18)26/h4-11,16,20H,12-15H2,1-3H3,(H,27,32). The molecule has 1 aliphatic carbocycles. The van der Waals surface area contributed by atoms with E-state index in [0.29, 0.717) is 17.0 Å². The second-order valence-corrected chi connectivity index (χ2v) is 9.07. The monoisotopic (exact) mass is 437 g/mol. The number of amides is 4. The van der Waals surface area contributed by atoms with Gasteiger partial charge in [0.25, 0.3) is 5.91 Å². The highest BCUT2D eigenvalue weighted by Crippen LogP contribution is 2.32. The fourth-order valence-corrected chi connectivity index (χ4v) is 4.08. The van der Waals surface area contributed by atoms with Crippen LogP contribution in [0.5, 0.6) is 0 Å². The van der Waals surface area contributed by atoms with Gasteiger partial charge in [-0.05, 0) is 42.9 Å². The van der Waals surface area contributed by atoms with Crippen LogP contribution in [0.2, 0.25) is 0 Å². The molecule has 0 spiro atoms. The summed E-state index contributed by atoms with van der Waals surface area (Å²) in [7, 11) is 0. The van der Waals surface area contributed by atoms with Crippen molar-refractivity contribution >= 4 is 17.8 Å². The van der Waals surface area contributed by atoms with Crippen LogP contribution in [0.3, 0.4) is 0 Å². The molecular weight excluding hydrogens is 409 g/mol. The van der Waals surface area contributed by atoms with Crippen LogP contribution >= 0.6 is 0 Å². The number of nitrogens with zero attached hydrogens (tertiary/aromatic N) is 2. The number of benzene rings is 2. The molecule has 1 heterocycles. The van der Waals surface area contributed by atoms with Gasteiger partial charge >= 0.3 is 6.03 Å². The summed E-state index contributed by atoms with van der Waals surface area (Å²) in [5.41, 5.74) is 0.984. The van der Waals surface area contributed by atoms with Gasteiger partial charge in [-0.15, -0.1) is 0 Å². The van der Waals surface area contributed by atoms with E-state index in [-0.39, 0.29) is 30.9 Å². The molecule has 2 fully saturated rings. The molecule has 2 aromatic rings. The number of nitrogens with one attached hydrogen (secondary N) is 1. The predicted molar refractivity (Wildman–Crippen MR) is 118 cm³/mol. The third-order valence-electron chi connectivity index (χ3n) is 6.33. The van der Waals surface area contributed by atoms with E-state index >= 15 is 0 Å². The van der Waals surface area contributed by atoms with Gasteiger partial charge in [0.2, 0.25) is 5.91 Å². The highest BCUT2D eigenvalue weighted by Gasteiger charge is 2.50. The predicted octanol–water partition coefficient (Wildman–Crippen LogP) is 3.91. The third kappa shape index (κ3) is 4.11. The first-order valence-electron chi connectivity index (χ1n) is 11.0. The van der Waals surface area contributed by atoms with E-state index in [2.05, 4.69) is 19.2 Å². The quantitative estimate of drug-likeness (QED) is 0.668. The Labute approximate surface area is 187 Å². The Kier molecular flexibility index (Phi) is 5.75.